The Hall–Kier alpha value is -0.500. The fourth-order valence-electron chi connectivity index (χ4n) is 1.48. The van der Waals surface area contributed by atoms with Gasteiger partial charge in [-0.15, -0.1) is 0 Å². The van der Waals surface area contributed by atoms with Gasteiger partial charge in [-0.2, -0.15) is 0 Å². The number of hydrogen-bond acceptors (Lipinski definition) is 6. The molecule has 0 spiro atoms. The zero-order valence-electron chi connectivity index (χ0n) is 9.11. The molecule has 1 aliphatic heterocycles. The average molecular weight is 234 g/mol. The van der Waals surface area contributed by atoms with Gasteiger partial charge in [0.1, 0.15) is 24.9 Å². The van der Waals surface area contributed by atoms with Crippen molar-refractivity contribution >= 4 is 0 Å². The van der Waals surface area contributed by atoms with E-state index in [4.69, 9.17) is 9.47 Å². The standard InChI is InChI=1S/C10H18O6/c1-2-3-4-15-10(6-11)9(14)8(13)7(12)5-16-10/h2-3,7-9,11-14H,4-6H2,1H3/b3-2+/t7-,8-,9+,10-/m1/s1. The molecule has 1 saturated heterocycles. The van der Waals surface area contributed by atoms with Gasteiger partial charge in [-0.05, 0) is 6.92 Å². The third-order valence-electron chi connectivity index (χ3n) is 2.55. The summed E-state index contributed by atoms with van der Waals surface area (Å²) in [5, 5.41) is 37.6. The van der Waals surface area contributed by atoms with Crippen LogP contribution < -0.4 is 0 Å². The predicted octanol–water partition coefficient (Wildman–Crippen LogP) is -1.62. The molecule has 0 saturated carbocycles. The van der Waals surface area contributed by atoms with Crippen LogP contribution in [0.3, 0.4) is 0 Å². The molecule has 6 heteroatoms. The molecule has 0 amide bonds. The fraction of sp³-hybridized carbons (Fsp3) is 0.800. The predicted molar refractivity (Wildman–Crippen MR) is 54.6 cm³/mol. The molecular formula is C10H18O6. The van der Waals surface area contributed by atoms with Gasteiger partial charge in [0.15, 0.2) is 0 Å². The Morgan fingerprint density at radius 3 is 2.69 bits per heavy atom. The molecule has 0 radical (unpaired) electrons. The Bertz CT molecular complexity index is 243. The number of hydrogen-bond donors (Lipinski definition) is 4. The summed E-state index contributed by atoms with van der Waals surface area (Å²) in [4.78, 5) is 0. The van der Waals surface area contributed by atoms with Crippen molar-refractivity contribution in [1.82, 2.24) is 0 Å². The second kappa shape index (κ2) is 5.72. The summed E-state index contributed by atoms with van der Waals surface area (Å²) in [5.41, 5.74) is 0. The van der Waals surface area contributed by atoms with Gasteiger partial charge in [0.25, 0.3) is 0 Å². The molecular weight excluding hydrogens is 216 g/mol. The molecule has 0 aromatic carbocycles. The Labute approximate surface area is 93.7 Å². The van der Waals surface area contributed by atoms with Gasteiger partial charge < -0.3 is 29.9 Å². The number of aliphatic hydroxyl groups excluding tert-OH is 4. The largest absolute Gasteiger partial charge is 0.391 e. The van der Waals surface area contributed by atoms with E-state index in [1.807, 2.05) is 0 Å². The van der Waals surface area contributed by atoms with Crippen molar-refractivity contribution in [3.05, 3.63) is 12.2 Å². The van der Waals surface area contributed by atoms with E-state index in [2.05, 4.69) is 0 Å². The van der Waals surface area contributed by atoms with Crippen LogP contribution in [-0.4, -0.2) is 64.3 Å². The lowest BCUT2D eigenvalue weighted by Gasteiger charge is -2.43. The van der Waals surface area contributed by atoms with Crippen LogP contribution in [0.15, 0.2) is 12.2 Å². The van der Waals surface area contributed by atoms with Crippen molar-refractivity contribution in [3.8, 4) is 0 Å². The van der Waals surface area contributed by atoms with Crippen LogP contribution in [0.1, 0.15) is 6.92 Å². The van der Waals surface area contributed by atoms with E-state index in [9.17, 15) is 20.4 Å². The fourth-order valence-corrected chi connectivity index (χ4v) is 1.48. The first kappa shape index (κ1) is 13.6. The lowest BCUT2D eigenvalue weighted by Crippen LogP contribution is -2.63. The molecule has 0 aromatic heterocycles. The summed E-state index contributed by atoms with van der Waals surface area (Å²) in [7, 11) is 0. The van der Waals surface area contributed by atoms with Gasteiger partial charge in [0, 0.05) is 0 Å². The highest BCUT2D eigenvalue weighted by Gasteiger charge is 2.50. The topological polar surface area (TPSA) is 99.4 Å². The van der Waals surface area contributed by atoms with Gasteiger partial charge in [0.2, 0.25) is 5.79 Å². The van der Waals surface area contributed by atoms with Gasteiger partial charge in [0.05, 0.1) is 13.2 Å². The maximum atomic E-state index is 9.71. The highest BCUT2D eigenvalue weighted by molar-refractivity contribution is 4.93. The summed E-state index contributed by atoms with van der Waals surface area (Å²) in [5.74, 6) is -1.67. The summed E-state index contributed by atoms with van der Waals surface area (Å²) < 4.78 is 10.3. The maximum absolute atomic E-state index is 9.71. The van der Waals surface area contributed by atoms with Crippen LogP contribution in [0.4, 0.5) is 0 Å². The molecule has 1 rings (SSSR count). The summed E-state index contributed by atoms with van der Waals surface area (Å²) >= 11 is 0. The molecule has 94 valence electrons. The highest BCUT2D eigenvalue weighted by atomic mass is 16.7. The molecule has 4 atom stereocenters. The van der Waals surface area contributed by atoms with E-state index >= 15 is 0 Å². The smallest absolute Gasteiger partial charge is 0.221 e. The molecule has 1 heterocycles. The monoisotopic (exact) mass is 234 g/mol. The van der Waals surface area contributed by atoms with Crippen molar-refractivity contribution in [3.63, 3.8) is 0 Å². The molecule has 0 aliphatic carbocycles. The molecule has 0 aromatic rings. The number of aliphatic hydroxyl groups is 4. The van der Waals surface area contributed by atoms with Crippen LogP contribution in [0, 0.1) is 0 Å². The molecule has 0 bridgehead atoms. The van der Waals surface area contributed by atoms with Crippen LogP contribution in [-0.2, 0) is 9.47 Å². The first-order valence-electron chi connectivity index (χ1n) is 5.11. The van der Waals surface area contributed by atoms with E-state index < -0.39 is 30.7 Å². The van der Waals surface area contributed by atoms with Crippen molar-refractivity contribution in [2.45, 2.75) is 31.0 Å². The maximum Gasteiger partial charge on any atom is 0.221 e. The van der Waals surface area contributed by atoms with Crippen molar-refractivity contribution < 1.29 is 29.9 Å². The SMILES string of the molecule is C/C=C/CO[C@]1(CO)OC[C@@H](O)[C@@H](O)[C@@H]1O. The Balaban J connectivity index is 2.70. The quantitative estimate of drug-likeness (QED) is 0.436. The first-order valence-corrected chi connectivity index (χ1v) is 5.11. The second-order valence-electron chi connectivity index (χ2n) is 3.66. The molecule has 0 unspecified atom stereocenters. The summed E-state index contributed by atoms with van der Waals surface area (Å²) in [6.07, 6.45) is -0.658. The minimum Gasteiger partial charge on any atom is -0.391 e. The van der Waals surface area contributed by atoms with E-state index in [1.165, 1.54) is 0 Å². The second-order valence-corrected chi connectivity index (χ2v) is 3.66. The normalized spacial score (nSPS) is 40.4. The zero-order chi connectivity index (χ0) is 12.2. The molecule has 1 fully saturated rings. The third-order valence-corrected chi connectivity index (χ3v) is 2.55. The van der Waals surface area contributed by atoms with Gasteiger partial charge >= 0.3 is 0 Å². The Morgan fingerprint density at radius 2 is 2.12 bits per heavy atom. The van der Waals surface area contributed by atoms with E-state index in [0.717, 1.165) is 0 Å². The summed E-state index contributed by atoms with van der Waals surface area (Å²) in [6.45, 7) is 1.13. The van der Waals surface area contributed by atoms with Crippen molar-refractivity contribution in [2.75, 3.05) is 19.8 Å². The zero-order valence-corrected chi connectivity index (χ0v) is 9.11. The summed E-state index contributed by atoms with van der Waals surface area (Å²) in [6, 6.07) is 0. The average Bonchev–Trinajstić information content (AvgIpc) is 2.30. The number of ether oxygens (including phenoxy) is 2. The number of allylic oxidation sites excluding steroid dienone is 1. The minimum absolute atomic E-state index is 0.136. The van der Waals surface area contributed by atoms with Gasteiger partial charge in [-0.1, -0.05) is 12.2 Å². The third kappa shape index (κ3) is 2.60. The van der Waals surface area contributed by atoms with Crippen LogP contribution in [0.25, 0.3) is 0 Å². The Morgan fingerprint density at radius 1 is 1.44 bits per heavy atom. The van der Waals surface area contributed by atoms with Gasteiger partial charge in [-0.25, -0.2) is 0 Å². The van der Waals surface area contributed by atoms with Gasteiger partial charge in [-0.3, -0.25) is 0 Å². The van der Waals surface area contributed by atoms with Crippen LogP contribution in [0.5, 0.6) is 0 Å². The highest BCUT2D eigenvalue weighted by Crippen LogP contribution is 2.27. The van der Waals surface area contributed by atoms with Crippen molar-refractivity contribution in [2.24, 2.45) is 0 Å². The number of rotatable bonds is 4. The van der Waals surface area contributed by atoms with Crippen molar-refractivity contribution in [1.29, 1.82) is 0 Å². The lowest BCUT2D eigenvalue weighted by atomic mass is 9.97. The Kier molecular flexibility index (Phi) is 4.85. The molecule has 1 aliphatic rings. The molecule has 16 heavy (non-hydrogen) atoms. The lowest BCUT2D eigenvalue weighted by molar-refractivity contribution is -0.345. The molecule has 4 N–H and O–H groups in total. The van der Waals surface area contributed by atoms with E-state index in [0.29, 0.717) is 0 Å². The van der Waals surface area contributed by atoms with Crippen LogP contribution >= 0.6 is 0 Å². The van der Waals surface area contributed by atoms with E-state index in [-0.39, 0.29) is 13.2 Å². The minimum atomic E-state index is -1.67. The molecule has 6 nitrogen and oxygen atoms in total. The first-order chi connectivity index (χ1) is 7.57. The van der Waals surface area contributed by atoms with E-state index in [1.54, 1.807) is 19.1 Å². The van der Waals surface area contributed by atoms with Crippen LogP contribution in [0.2, 0.25) is 0 Å².